The highest BCUT2D eigenvalue weighted by atomic mass is 31.2. The lowest BCUT2D eigenvalue weighted by atomic mass is 10.0. The molecular formula is C67H118N2O6P+. The topological polar surface area (TPSA) is 105 Å². The maximum absolute atomic E-state index is 13.0. The van der Waals surface area contributed by atoms with Gasteiger partial charge in [0.2, 0.25) is 5.91 Å². The number of nitrogens with zero attached hydrogens (tertiary/aromatic N) is 1. The van der Waals surface area contributed by atoms with Crippen molar-refractivity contribution in [2.75, 3.05) is 40.9 Å². The van der Waals surface area contributed by atoms with E-state index in [-0.39, 0.29) is 19.1 Å². The van der Waals surface area contributed by atoms with E-state index in [0.717, 1.165) is 89.9 Å². The van der Waals surface area contributed by atoms with E-state index >= 15 is 0 Å². The average molecular weight is 1080 g/mol. The molecule has 0 saturated heterocycles. The number of hydrogen-bond acceptors (Lipinski definition) is 5. The lowest BCUT2D eigenvalue weighted by molar-refractivity contribution is -0.870. The molecule has 8 nitrogen and oxygen atoms in total. The van der Waals surface area contributed by atoms with Crippen molar-refractivity contribution in [2.45, 2.75) is 257 Å². The summed E-state index contributed by atoms with van der Waals surface area (Å²) in [5, 5.41) is 13.9. The Hall–Kier alpha value is -3.10. The van der Waals surface area contributed by atoms with Crippen LogP contribution in [0.1, 0.15) is 245 Å². The SMILES string of the molecule is CC/C=C\C/C=C\C/C=C\C/C=C\C/C=C\C/C=C\C/C=C\CCCCCCCCCCCCCCCCCC(=O)NC(COP(=O)(O)OCC[N+](C)(C)C)C(O)/C=C/CC/C=C/CC/C=C/CCCCCCCCC. The minimum Gasteiger partial charge on any atom is -0.387 e. The lowest BCUT2D eigenvalue weighted by Gasteiger charge is -2.25. The van der Waals surface area contributed by atoms with Gasteiger partial charge in [0.05, 0.1) is 39.9 Å². The van der Waals surface area contributed by atoms with Crippen molar-refractivity contribution < 1.29 is 32.9 Å². The predicted molar refractivity (Wildman–Crippen MR) is 332 cm³/mol. The molecule has 0 spiro atoms. The molecule has 3 unspecified atom stereocenters. The Kier molecular flexibility index (Phi) is 54.3. The van der Waals surface area contributed by atoms with Crippen LogP contribution in [0.4, 0.5) is 0 Å². The molecule has 0 aromatic rings. The van der Waals surface area contributed by atoms with Gasteiger partial charge in [0.1, 0.15) is 13.2 Å². The second kappa shape index (κ2) is 56.6. The van der Waals surface area contributed by atoms with Crippen LogP contribution in [0.5, 0.6) is 0 Å². The fourth-order valence-corrected chi connectivity index (χ4v) is 9.08. The Bertz CT molecular complexity index is 1650. The molecule has 0 rings (SSSR count). The number of nitrogens with one attached hydrogen (secondary N) is 1. The Labute approximate surface area is 469 Å². The number of aliphatic hydroxyl groups is 1. The number of allylic oxidation sites excluding steroid dienone is 19. The Balaban J connectivity index is 4.11. The fraction of sp³-hybridized carbons (Fsp3) is 0.687. The number of likely N-dealkylation sites (N-methyl/N-ethyl adjacent to an activating group) is 1. The minimum absolute atomic E-state index is 0.0491. The van der Waals surface area contributed by atoms with Crippen molar-refractivity contribution in [3.63, 3.8) is 0 Å². The molecule has 436 valence electrons. The van der Waals surface area contributed by atoms with E-state index in [2.05, 4.69) is 129 Å². The van der Waals surface area contributed by atoms with E-state index < -0.39 is 20.0 Å². The first kappa shape index (κ1) is 72.9. The number of quaternary nitrogens is 1. The van der Waals surface area contributed by atoms with Gasteiger partial charge in [-0.2, -0.15) is 0 Å². The van der Waals surface area contributed by atoms with Gasteiger partial charge in [-0.3, -0.25) is 13.8 Å². The smallest absolute Gasteiger partial charge is 0.387 e. The zero-order chi connectivity index (χ0) is 55.6. The molecule has 0 bridgehead atoms. The number of carbonyl (C=O) groups is 1. The third-order valence-electron chi connectivity index (χ3n) is 13.1. The van der Waals surface area contributed by atoms with E-state index in [4.69, 9.17) is 9.05 Å². The number of carbonyl (C=O) groups excluding carboxylic acids is 1. The molecule has 0 aromatic carbocycles. The van der Waals surface area contributed by atoms with Gasteiger partial charge in [0, 0.05) is 6.42 Å². The Morgan fingerprint density at radius 3 is 1.21 bits per heavy atom. The summed E-state index contributed by atoms with van der Waals surface area (Å²) in [5.41, 5.74) is 0. The molecular weight excluding hydrogens is 960 g/mol. The number of rotatable bonds is 55. The number of phosphoric ester groups is 1. The summed E-state index contributed by atoms with van der Waals surface area (Å²) >= 11 is 0. The van der Waals surface area contributed by atoms with Gasteiger partial charge in [-0.15, -0.1) is 0 Å². The standard InChI is InChI=1S/C67H117N2O6P/c1-6-8-10-12-14-16-18-20-22-24-25-26-27-28-29-30-31-32-33-34-35-36-37-38-39-40-41-42-43-45-47-49-51-53-55-57-59-61-67(71)68-65(64-75-76(72,73)74-63-62-69(3,4)5)66(70)60-58-56-54-52-50-48-46-44-23-21-19-17-15-13-11-9-7-2/h8,10,14,16,20,22-23,25-26,28-29,31-32,34-35,44,50,52,58,60,65-66,70H,6-7,9,11-13,15,17-19,21,24,27,30,33,36-43,45-49,51,53-57,59,61-64H2,1-5H3,(H-,68,71,72,73)/p+1/b10-8-,16-14-,22-20-,26-25-,29-28-,32-31-,35-34-,44-23+,52-50+,60-58+. The molecule has 0 aromatic heterocycles. The number of hydrogen-bond donors (Lipinski definition) is 3. The molecule has 0 aliphatic rings. The molecule has 76 heavy (non-hydrogen) atoms. The minimum atomic E-state index is -4.37. The lowest BCUT2D eigenvalue weighted by Crippen LogP contribution is -2.45. The summed E-state index contributed by atoms with van der Waals surface area (Å²) in [6, 6.07) is -0.877. The molecule has 0 radical (unpaired) electrons. The molecule has 0 aliphatic carbocycles. The third-order valence-corrected chi connectivity index (χ3v) is 14.1. The van der Waals surface area contributed by atoms with E-state index in [9.17, 15) is 19.4 Å². The summed E-state index contributed by atoms with van der Waals surface area (Å²) in [5.74, 6) is -0.195. The first-order valence-corrected chi connectivity index (χ1v) is 32.4. The van der Waals surface area contributed by atoms with Crippen molar-refractivity contribution in [2.24, 2.45) is 0 Å². The van der Waals surface area contributed by atoms with Gasteiger partial charge < -0.3 is 19.8 Å². The Morgan fingerprint density at radius 2 is 0.803 bits per heavy atom. The second-order valence-corrected chi connectivity index (χ2v) is 23.1. The van der Waals surface area contributed by atoms with E-state index in [1.165, 1.54) is 135 Å². The maximum Gasteiger partial charge on any atom is 0.472 e. The normalized spacial score (nSPS) is 14.7. The summed E-state index contributed by atoms with van der Waals surface area (Å²) in [4.78, 5) is 23.3. The molecule has 3 N–H and O–H groups in total. The van der Waals surface area contributed by atoms with Crippen molar-refractivity contribution >= 4 is 13.7 Å². The van der Waals surface area contributed by atoms with Crippen molar-refractivity contribution in [3.05, 3.63) is 122 Å². The second-order valence-electron chi connectivity index (χ2n) is 21.7. The largest absolute Gasteiger partial charge is 0.472 e. The number of amides is 1. The fourth-order valence-electron chi connectivity index (χ4n) is 8.35. The highest BCUT2D eigenvalue weighted by Gasteiger charge is 2.27. The van der Waals surface area contributed by atoms with Crippen LogP contribution in [-0.4, -0.2) is 73.4 Å². The van der Waals surface area contributed by atoms with E-state index in [1.54, 1.807) is 6.08 Å². The molecule has 0 aliphatic heterocycles. The van der Waals surface area contributed by atoms with Gasteiger partial charge in [-0.05, 0) is 103 Å². The van der Waals surface area contributed by atoms with E-state index in [1.807, 2.05) is 27.2 Å². The molecule has 0 saturated carbocycles. The van der Waals surface area contributed by atoms with Crippen molar-refractivity contribution in [1.82, 2.24) is 5.32 Å². The molecule has 0 fully saturated rings. The van der Waals surface area contributed by atoms with Crippen LogP contribution >= 0.6 is 7.82 Å². The van der Waals surface area contributed by atoms with Gasteiger partial charge in [0.15, 0.2) is 0 Å². The van der Waals surface area contributed by atoms with Crippen LogP contribution < -0.4 is 5.32 Å². The summed E-state index contributed by atoms with van der Waals surface area (Å²) < 4.78 is 23.7. The van der Waals surface area contributed by atoms with Crippen LogP contribution in [0.2, 0.25) is 0 Å². The zero-order valence-electron chi connectivity index (χ0n) is 49.7. The molecule has 0 heterocycles. The maximum atomic E-state index is 13.0. The summed E-state index contributed by atoms with van der Waals surface area (Å²) in [6.45, 7) is 4.66. The highest BCUT2D eigenvalue weighted by molar-refractivity contribution is 7.47. The van der Waals surface area contributed by atoms with Crippen LogP contribution in [0.15, 0.2) is 122 Å². The zero-order valence-corrected chi connectivity index (χ0v) is 50.6. The van der Waals surface area contributed by atoms with Crippen LogP contribution in [-0.2, 0) is 18.4 Å². The van der Waals surface area contributed by atoms with Crippen LogP contribution in [0.25, 0.3) is 0 Å². The molecule has 1 amide bonds. The predicted octanol–water partition coefficient (Wildman–Crippen LogP) is 19.3. The first-order valence-electron chi connectivity index (χ1n) is 30.9. The summed E-state index contributed by atoms with van der Waals surface area (Å²) in [7, 11) is 1.54. The van der Waals surface area contributed by atoms with Crippen LogP contribution in [0, 0.1) is 0 Å². The van der Waals surface area contributed by atoms with Crippen LogP contribution in [0.3, 0.4) is 0 Å². The number of unbranched alkanes of at least 4 members (excludes halogenated alkanes) is 24. The first-order chi connectivity index (χ1) is 37.0. The molecule has 3 atom stereocenters. The van der Waals surface area contributed by atoms with Crippen molar-refractivity contribution in [3.8, 4) is 0 Å². The number of phosphoric acid groups is 1. The van der Waals surface area contributed by atoms with Gasteiger partial charge in [-0.25, -0.2) is 4.57 Å². The third kappa shape index (κ3) is 58.6. The quantitative estimate of drug-likeness (QED) is 0.0243. The highest BCUT2D eigenvalue weighted by Crippen LogP contribution is 2.43. The van der Waals surface area contributed by atoms with E-state index in [0.29, 0.717) is 17.4 Å². The summed E-state index contributed by atoms with van der Waals surface area (Å²) in [6.07, 6.45) is 84.6. The number of aliphatic hydroxyl groups excluding tert-OH is 1. The Morgan fingerprint density at radius 1 is 0.461 bits per heavy atom. The average Bonchev–Trinajstić information content (AvgIpc) is 3.38. The monoisotopic (exact) mass is 1080 g/mol. The van der Waals surface area contributed by atoms with Gasteiger partial charge in [-0.1, -0.05) is 257 Å². The van der Waals surface area contributed by atoms with Gasteiger partial charge in [0.25, 0.3) is 0 Å². The molecule has 9 heteroatoms. The van der Waals surface area contributed by atoms with Crippen molar-refractivity contribution in [1.29, 1.82) is 0 Å². The van der Waals surface area contributed by atoms with Gasteiger partial charge >= 0.3 is 7.82 Å².